The third-order valence-corrected chi connectivity index (χ3v) is 7.55. The van der Waals surface area contributed by atoms with Crippen molar-refractivity contribution >= 4 is 35.0 Å². The van der Waals surface area contributed by atoms with Gasteiger partial charge in [0.05, 0.1) is 19.3 Å². The van der Waals surface area contributed by atoms with Crippen LogP contribution in [-0.4, -0.2) is 55.8 Å². The Morgan fingerprint density at radius 3 is 2.81 bits per heavy atom. The maximum absolute atomic E-state index is 13.1. The van der Waals surface area contributed by atoms with E-state index in [0.717, 1.165) is 26.9 Å². The van der Waals surface area contributed by atoms with Gasteiger partial charge in [0.25, 0.3) is 0 Å². The molecule has 1 aliphatic rings. The number of thioether (sulfide) groups is 1. The number of rotatable bonds is 9. The normalized spacial score (nSPS) is 14.8. The van der Waals surface area contributed by atoms with Gasteiger partial charge in [-0.3, -0.25) is 0 Å². The largest absolute Gasteiger partial charge is 0.494 e. The first-order valence-corrected chi connectivity index (χ1v) is 13.1. The molecule has 0 saturated carbocycles. The Morgan fingerprint density at radius 2 is 2.00 bits per heavy atom. The Hall–Kier alpha value is -3.77. The van der Waals surface area contributed by atoms with Crippen molar-refractivity contribution in [2.45, 2.75) is 23.7 Å². The van der Waals surface area contributed by atoms with Crippen LogP contribution in [0, 0.1) is 0 Å². The number of anilines is 1. The second-order valence-corrected chi connectivity index (χ2v) is 10.0. The number of nitrogens with one attached hydrogen (secondary N) is 1. The van der Waals surface area contributed by atoms with E-state index in [1.807, 2.05) is 61.5 Å². The van der Waals surface area contributed by atoms with Crippen molar-refractivity contribution in [3.8, 4) is 16.3 Å². The van der Waals surface area contributed by atoms with Gasteiger partial charge in [-0.15, -0.1) is 10.2 Å². The summed E-state index contributed by atoms with van der Waals surface area (Å²) in [4.78, 5) is 13.1. The average molecular weight is 522 g/mol. The van der Waals surface area contributed by atoms with Gasteiger partial charge in [0.2, 0.25) is 5.95 Å². The van der Waals surface area contributed by atoms with Crippen molar-refractivity contribution in [2.75, 3.05) is 24.8 Å². The van der Waals surface area contributed by atoms with Gasteiger partial charge in [0.15, 0.2) is 4.34 Å². The fraction of sp³-hybridized carbons (Fsp3) is 0.250. The summed E-state index contributed by atoms with van der Waals surface area (Å²) in [5.41, 5.74) is 2.89. The van der Waals surface area contributed by atoms with Gasteiger partial charge < -0.3 is 14.8 Å². The van der Waals surface area contributed by atoms with Crippen LogP contribution >= 0.6 is 23.1 Å². The summed E-state index contributed by atoms with van der Waals surface area (Å²) < 4.78 is 13.4. The number of tetrazole rings is 1. The zero-order valence-corrected chi connectivity index (χ0v) is 21.3. The lowest BCUT2D eigenvalue weighted by Gasteiger charge is -2.28. The Kier molecular flexibility index (Phi) is 7.23. The number of hydrogen-bond donors (Lipinski definition) is 1. The van der Waals surface area contributed by atoms with Crippen LogP contribution in [0.1, 0.15) is 24.9 Å². The summed E-state index contributed by atoms with van der Waals surface area (Å²) in [6, 6.07) is 16.9. The summed E-state index contributed by atoms with van der Waals surface area (Å²) in [6.07, 6.45) is 0.890. The molecule has 0 spiro atoms. The number of nitrogens with zero attached hydrogens (tertiary/aromatic N) is 6. The Morgan fingerprint density at radius 1 is 1.14 bits per heavy atom. The summed E-state index contributed by atoms with van der Waals surface area (Å²) in [5.74, 6) is 1.10. The van der Waals surface area contributed by atoms with Crippen LogP contribution in [0.15, 0.2) is 70.2 Å². The van der Waals surface area contributed by atoms with Gasteiger partial charge in [-0.1, -0.05) is 77.6 Å². The van der Waals surface area contributed by atoms with E-state index in [2.05, 4.69) is 31.0 Å². The number of fused-ring (bicyclic) bond motifs is 1. The zero-order chi connectivity index (χ0) is 24.9. The summed E-state index contributed by atoms with van der Waals surface area (Å²) in [6.45, 7) is 2.65. The molecule has 184 valence electrons. The number of aromatic nitrogens is 6. The average Bonchev–Trinajstić information content (AvgIpc) is 3.60. The van der Waals surface area contributed by atoms with E-state index in [1.54, 1.807) is 4.68 Å². The standard InChI is InChI=1S/C24H23N7O3S2/c1-3-12-34-17-11-7-10-16(13-17)20-19(22(32)33-2)18(25-23-27-29-30-31(20)23)14-35-24-28-26-21(36-24)15-8-5-4-6-9-15/h4-11,13,20H,3,12,14H2,1-2H3,(H,25,27,30). The highest BCUT2D eigenvalue weighted by molar-refractivity contribution is 8.01. The highest BCUT2D eigenvalue weighted by atomic mass is 32.2. The first-order chi connectivity index (χ1) is 17.7. The minimum Gasteiger partial charge on any atom is -0.494 e. The van der Waals surface area contributed by atoms with Gasteiger partial charge >= 0.3 is 5.97 Å². The van der Waals surface area contributed by atoms with Gasteiger partial charge in [-0.2, -0.15) is 4.68 Å². The molecule has 0 fully saturated rings. The number of hydrogen-bond acceptors (Lipinski definition) is 11. The van der Waals surface area contributed by atoms with E-state index in [9.17, 15) is 4.79 Å². The lowest BCUT2D eigenvalue weighted by atomic mass is 9.95. The second kappa shape index (κ2) is 10.9. The molecule has 36 heavy (non-hydrogen) atoms. The molecular formula is C24H23N7O3S2. The molecule has 0 radical (unpaired) electrons. The van der Waals surface area contributed by atoms with E-state index >= 15 is 0 Å². The van der Waals surface area contributed by atoms with Crippen LogP contribution in [0.5, 0.6) is 5.75 Å². The Bertz CT molecular complexity index is 1390. The van der Waals surface area contributed by atoms with Crippen molar-refractivity contribution in [1.29, 1.82) is 0 Å². The van der Waals surface area contributed by atoms with E-state index < -0.39 is 12.0 Å². The number of benzene rings is 2. The number of esters is 1. The molecule has 1 N–H and O–H groups in total. The Balaban J connectivity index is 1.48. The third-order valence-electron chi connectivity index (χ3n) is 5.42. The fourth-order valence-electron chi connectivity index (χ4n) is 3.80. The first-order valence-electron chi connectivity index (χ1n) is 11.3. The van der Waals surface area contributed by atoms with Gasteiger partial charge in [0, 0.05) is 17.0 Å². The molecule has 1 aliphatic heterocycles. The highest BCUT2D eigenvalue weighted by Crippen LogP contribution is 2.38. The highest BCUT2D eigenvalue weighted by Gasteiger charge is 2.36. The number of methoxy groups -OCH3 is 1. The van der Waals surface area contributed by atoms with Crippen LogP contribution in [0.2, 0.25) is 0 Å². The number of carbonyl (C=O) groups excluding carboxylic acids is 1. The maximum atomic E-state index is 13.1. The molecule has 4 aromatic rings. The van der Waals surface area contributed by atoms with Crippen LogP contribution in [0.3, 0.4) is 0 Å². The van der Waals surface area contributed by atoms with Gasteiger partial charge in [0.1, 0.15) is 16.8 Å². The topological polar surface area (TPSA) is 117 Å². The summed E-state index contributed by atoms with van der Waals surface area (Å²) >= 11 is 2.97. The molecule has 2 aromatic heterocycles. The molecule has 2 aromatic carbocycles. The molecule has 3 heterocycles. The van der Waals surface area contributed by atoms with E-state index in [1.165, 1.54) is 30.2 Å². The van der Waals surface area contributed by atoms with Crippen molar-refractivity contribution < 1.29 is 14.3 Å². The molecule has 10 nitrogen and oxygen atoms in total. The predicted molar refractivity (Wildman–Crippen MR) is 137 cm³/mol. The smallest absolute Gasteiger partial charge is 0.338 e. The zero-order valence-electron chi connectivity index (χ0n) is 19.6. The predicted octanol–water partition coefficient (Wildman–Crippen LogP) is 4.21. The molecule has 0 aliphatic carbocycles. The lowest BCUT2D eigenvalue weighted by Crippen LogP contribution is -2.31. The van der Waals surface area contributed by atoms with Crippen molar-refractivity contribution in [1.82, 2.24) is 30.4 Å². The van der Waals surface area contributed by atoms with Crippen LogP contribution in [-0.2, 0) is 9.53 Å². The molecule has 0 bridgehead atoms. The van der Waals surface area contributed by atoms with Crippen molar-refractivity contribution in [3.63, 3.8) is 0 Å². The second-order valence-electron chi connectivity index (χ2n) is 7.81. The first kappa shape index (κ1) is 23.9. The van der Waals surface area contributed by atoms with Crippen LogP contribution in [0.25, 0.3) is 10.6 Å². The fourth-order valence-corrected chi connectivity index (χ4v) is 5.63. The molecule has 5 rings (SSSR count). The van der Waals surface area contributed by atoms with E-state index in [0.29, 0.717) is 35.3 Å². The monoisotopic (exact) mass is 521 g/mol. The molecular weight excluding hydrogens is 498 g/mol. The molecule has 12 heteroatoms. The number of ether oxygens (including phenoxy) is 2. The van der Waals surface area contributed by atoms with Crippen molar-refractivity contribution in [3.05, 3.63) is 71.4 Å². The van der Waals surface area contributed by atoms with Crippen LogP contribution in [0.4, 0.5) is 5.95 Å². The number of carbonyl (C=O) groups is 1. The maximum Gasteiger partial charge on any atom is 0.338 e. The SMILES string of the molecule is CCCOc1cccc(C2C(C(=O)OC)=C(CSc3nnc(-c4ccccc4)s3)Nc3nnnn32)c1. The van der Waals surface area contributed by atoms with Crippen molar-refractivity contribution in [2.24, 2.45) is 0 Å². The van der Waals surface area contributed by atoms with Crippen LogP contribution < -0.4 is 10.1 Å². The molecule has 1 unspecified atom stereocenters. The minimum absolute atomic E-state index is 0.420. The third kappa shape index (κ3) is 4.95. The quantitative estimate of drug-likeness (QED) is 0.253. The van der Waals surface area contributed by atoms with E-state index in [-0.39, 0.29) is 0 Å². The van der Waals surface area contributed by atoms with Gasteiger partial charge in [-0.05, 0) is 34.5 Å². The summed E-state index contributed by atoms with van der Waals surface area (Å²) in [7, 11) is 1.37. The van der Waals surface area contributed by atoms with Gasteiger partial charge in [-0.25, -0.2) is 4.79 Å². The molecule has 1 atom stereocenters. The summed E-state index contributed by atoms with van der Waals surface area (Å²) in [5, 5.41) is 24.8. The lowest BCUT2D eigenvalue weighted by molar-refractivity contribution is -0.136. The van der Waals surface area contributed by atoms with E-state index in [4.69, 9.17) is 9.47 Å². The Labute approximate surface area is 215 Å². The molecule has 0 amide bonds. The minimum atomic E-state index is -0.584. The molecule has 0 saturated heterocycles.